The molecule has 14 nitrogen and oxygen atoms in total. The summed E-state index contributed by atoms with van der Waals surface area (Å²) in [6, 6.07) is 15.6. The van der Waals surface area contributed by atoms with Crippen LogP contribution in [0.5, 0.6) is 11.5 Å². The van der Waals surface area contributed by atoms with Crippen molar-refractivity contribution in [1.29, 1.82) is 0 Å². The van der Waals surface area contributed by atoms with E-state index in [9.17, 15) is 19.2 Å². The van der Waals surface area contributed by atoms with Crippen LogP contribution in [0.15, 0.2) is 58.5 Å². The molecule has 2 amide bonds. The van der Waals surface area contributed by atoms with Gasteiger partial charge in [0.2, 0.25) is 0 Å². The second-order valence-corrected chi connectivity index (χ2v) is 18.3. The van der Waals surface area contributed by atoms with E-state index >= 15 is 0 Å². The Morgan fingerprint density at radius 1 is 0.467 bits per heavy atom. The van der Waals surface area contributed by atoms with Gasteiger partial charge in [-0.25, -0.2) is 9.59 Å². The number of carbonyl (C=O) groups is 4. The van der Waals surface area contributed by atoms with Crippen molar-refractivity contribution in [3.05, 3.63) is 59.7 Å². The molecule has 2 aromatic rings. The summed E-state index contributed by atoms with van der Waals surface area (Å²) in [7, 11) is 0. The monoisotopic (exact) mass is 839 g/mol. The Hall–Kier alpha value is -5.14. The number of alkyl carbamates (subject to hydrolysis) is 2. The van der Waals surface area contributed by atoms with E-state index in [1.165, 1.54) is 0 Å². The number of ether oxygens (including phenoxy) is 6. The molecule has 0 atom stereocenters. The van der Waals surface area contributed by atoms with Crippen molar-refractivity contribution in [3.63, 3.8) is 0 Å². The molecule has 2 rings (SSSR count). The molecule has 2 N–H and O–H groups in total. The highest BCUT2D eigenvalue weighted by atomic mass is 16.6. The minimum absolute atomic E-state index is 0.175. The highest BCUT2D eigenvalue weighted by molar-refractivity contribution is 6.04. The maximum atomic E-state index is 12.4. The van der Waals surface area contributed by atoms with Crippen LogP contribution in [-0.2, 0) is 41.4 Å². The summed E-state index contributed by atoms with van der Waals surface area (Å²) < 4.78 is 33.4. The van der Waals surface area contributed by atoms with Crippen LogP contribution in [0.1, 0.15) is 133 Å². The van der Waals surface area contributed by atoms with Gasteiger partial charge in [-0.1, -0.05) is 24.3 Å². The molecule has 0 aromatic heterocycles. The first-order valence-electron chi connectivity index (χ1n) is 20.8. The number of rotatable bonds is 19. The molecule has 0 saturated heterocycles. The number of amides is 2. The summed E-state index contributed by atoms with van der Waals surface area (Å²) in [5.74, 6) is 0.990. The predicted molar refractivity (Wildman–Crippen MR) is 234 cm³/mol. The van der Waals surface area contributed by atoms with Crippen LogP contribution in [0.3, 0.4) is 0 Å². The van der Waals surface area contributed by atoms with E-state index in [2.05, 4.69) is 20.6 Å². The van der Waals surface area contributed by atoms with Gasteiger partial charge >= 0.3 is 24.1 Å². The first-order valence-corrected chi connectivity index (χ1v) is 20.8. The first kappa shape index (κ1) is 51.0. The van der Waals surface area contributed by atoms with Crippen LogP contribution < -0.4 is 20.1 Å². The second-order valence-electron chi connectivity index (χ2n) is 18.3. The smallest absolute Gasteiger partial charge is 0.413 e. The van der Waals surface area contributed by atoms with Gasteiger partial charge in [-0.05, 0) is 157 Å². The maximum Gasteiger partial charge on any atom is 0.413 e. The van der Waals surface area contributed by atoms with Crippen molar-refractivity contribution in [1.82, 2.24) is 10.6 Å². The lowest BCUT2D eigenvalue weighted by molar-refractivity contribution is -0.154. The van der Waals surface area contributed by atoms with E-state index in [1.54, 1.807) is 83.1 Å². The number of amidine groups is 2. The van der Waals surface area contributed by atoms with Crippen molar-refractivity contribution in [2.45, 2.75) is 157 Å². The van der Waals surface area contributed by atoms with E-state index in [4.69, 9.17) is 28.4 Å². The zero-order valence-corrected chi connectivity index (χ0v) is 38.1. The number of carbonyl (C=O) groups excluding carboxylic acids is 4. The van der Waals surface area contributed by atoms with Crippen molar-refractivity contribution >= 4 is 35.8 Å². The average molecular weight is 839 g/mol. The lowest BCUT2D eigenvalue weighted by Crippen LogP contribution is -2.38. The van der Waals surface area contributed by atoms with Gasteiger partial charge < -0.3 is 28.4 Å². The molecule has 0 aliphatic carbocycles. The van der Waals surface area contributed by atoms with Crippen molar-refractivity contribution in [2.24, 2.45) is 9.98 Å². The van der Waals surface area contributed by atoms with Crippen LogP contribution in [-0.4, -0.2) is 84.5 Å². The molecule has 0 fully saturated rings. The number of hydrogen-bond acceptors (Lipinski definition) is 12. The molecule has 0 radical (unpaired) electrons. The van der Waals surface area contributed by atoms with E-state index < -0.39 is 46.5 Å². The first-order chi connectivity index (χ1) is 27.8. The third-order valence-corrected chi connectivity index (χ3v) is 7.58. The summed E-state index contributed by atoms with van der Waals surface area (Å²) in [5, 5.41) is 5.20. The summed E-state index contributed by atoms with van der Waals surface area (Å²) in [4.78, 5) is 58.5. The van der Waals surface area contributed by atoms with Gasteiger partial charge in [0.05, 0.1) is 13.2 Å². The van der Waals surface area contributed by atoms with Gasteiger partial charge in [-0.15, -0.1) is 0 Å². The third-order valence-electron chi connectivity index (χ3n) is 7.58. The minimum Gasteiger partial charge on any atom is -0.494 e. The molecular weight excluding hydrogens is 769 g/mol. The number of nitrogens with zero attached hydrogens (tertiary/aromatic N) is 2. The molecule has 0 aliphatic rings. The third kappa shape index (κ3) is 26.1. The average Bonchev–Trinajstić information content (AvgIpc) is 3.07. The normalized spacial score (nSPS) is 12.6. The molecular formula is C46H70N4O10. The zero-order valence-electron chi connectivity index (χ0n) is 38.1. The molecule has 0 bridgehead atoms. The lowest BCUT2D eigenvalue weighted by Gasteiger charge is -2.21. The predicted octanol–water partition coefficient (Wildman–Crippen LogP) is 9.10. The highest BCUT2D eigenvalue weighted by Gasteiger charge is 2.23. The molecule has 0 saturated carbocycles. The Labute approximate surface area is 357 Å². The topological polar surface area (TPSA) is 172 Å². The number of nitrogens with one attached hydrogen (secondary N) is 2. The number of benzene rings is 2. The van der Waals surface area contributed by atoms with Gasteiger partial charge in [0.15, 0.2) is 0 Å². The summed E-state index contributed by atoms with van der Waals surface area (Å²) in [6.07, 6.45) is 3.38. The molecule has 334 valence electrons. The summed E-state index contributed by atoms with van der Waals surface area (Å²) in [5.41, 5.74) is -0.612. The van der Waals surface area contributed by atoms with Crippen LogP contribution in [0, 0.1) is 0 Å². The molecule has 0 aliphatic heterocycles. The van der Waals surface area contributed by atoms with Crippen molar-refractivity contribution in [2.75, 3.05) is 26.3 Å². The second kappa shape index (κ2) is 24.2. The van der Waals surface area contributed by atoms with Gasteiger partial charge in [-0.3, -0.25) is 30.2 Å². The molecule has 0 heterocycles. The maximum absolute atomic E-state index is 12.4. The fourth-order valence-corrected chi connectivity index (χ4v) is 5.23. The molecule has 0 unspecified atom stereocenters. The quantitative estimate of drug-likeness (QED) is 0.0457. The molecule has 2 aromatic carbocycles. The van der Waals surface area contributed by atoms with Crippen molar-refractivity contribution < 1.29 is 47.6 Å². The van der Waals surface area contributed by atoms with Gasteiger partial charge in [-0.2, -0.15) is 0 Å². The van der Waals surface area contributed by atoms with E-state index in [0.717, 1.165) is 48.3 Å². The van der Waals surface area contributed by atoms with E-state index in [-0.39, 0.29) is 24.5 Å². The Balaban J connectivity index is 1.72. The zero-order chi connectivity index (χ0) is 45.0. The van der Waals surface area contributed by atoms with E-state index in [0.29, 0.717) is 39.1 Å². The highest BCUT2D eigenvalue weighted by Crippen LogP contribution is 2.17. The Kier molecular flexibility index (Phi) is 20.6. The Morgan fingerprint density at radius 2 is 0.783 bits per heavy atom. The van der Waals surface area contributed by atoms with Crippen LogP contribution in [0.2, 0.25) is 0 Å². The largest absolute Gasteiger partial charge is 0.494 e. The fourth-order valence-electron chi connectivity index (χ4n) is 5.23. The Morgan fingerprint density at radius 3 is 1.08 bits per heavy atom. The molecule has 60 heavy (non-hydrogen) atoms. The van der Waals surface area contributed by atoms with Crippen LogP contribution >= 0.6 is 0 Å². The number of aliphatic imine (C=N–C) groups is 2. The molecule has 0 spiro atoms. The lowest BCUT2D eigenvalue weighted by atomic mass is 10.1. The fraction of sp³-hybridized carbons (Fsp3) is 0.609. The molecule has 14 heteroatoms. The van der Waals surface area contributed by atoms with Crippen LogP contribution in [0.25, 0.3) is 0 Å². The summed E-state index contributed by atoms with van der Waals surface area (Å²) in [6.45, 7) is 23.2. The van der Waals surface area contributed by atoms with Gasteiger partial charge in [0, 0.05) is 13.1 Å². The van der Waals surface area contributed by atoms with E-state index in [1.807, 2.05) is 48.5 Å². The van der Waals surface area contributed by atoms with Crippen LogP contribution in [0.4, 0.5) is 9.59 Å². The van der Waals surface area contributed by atoms with Crippen molar-refractivity contribution in [3.8, 4) is 11.5 Å². The minimum atomic E-state index is -0.691. The number of hydrogen-bond donors (Lipinski definition) is 2. The number of esters is 2. The SMILES string of the molecule is CC(C)(C)OC(=O)CC(=NCCc1ccc(OCCCCCCOc2ccc(CCN=C(CC(=O)OC(C)(C)C)NC(=O)OC(C)(C)C)cc2)cc1)NC(=O)OC(C)(C)C. The standard InChI is InChI=1S/C46H70N4O10/c1-43(2,3)57-39(51)31-37(49-41(53)59-45(7,8)9)47-27-25-33-17-21-35(22-18-33)55-29-15-13-14-16-30-56-36-23-19-34(20-24-36)26-28-48-38(32-40(52)58-44(4,5)6)50-42(54)60-46(10,11)12/h17-24H,13-16,25-32H2,1-12H3,(H,47,49,53)(H,48,50,54). The Bertz CT molecular complexity index is 1520. The number of unbranched alkanes of at least 4 members (excludes halogenated alkanes) is 3. The summed E-state index contributed by atoms with van der Waals surface area (Å²) >= 11 is 0. The van der Waals surface area contributed by atoms with Gasteiger partial charge in [0.25, 0.3) is 0 Å². The van der Waals surface area contributed by atoms with Gasteiger partial charge in [0.1, 0.15) is 58.4 Å².